The van der Waals surface area contributed by atoms with Gasteiger partial charge in [-0.05, 0) is 17.9 Å². The summed E-state index contributed by atoms with van der Waals surface area (Å²) in [5.74, 6) is 2.97. The Morgan fingerprint density at radius 2 is 1.73 bits per heavy atom. The van der Waals surface area contributed by atoms with Crippen molar-refractivity contribution < 1.29 is 18.9 Å². The number of ether oxygens (including phenoxy) is 4. The number of nitrogens with zero attached hydrogens (tertiary/aromatic N) is 3. The third kappa shape index (κ3) is 3.68. The fraction of sp³-hybridized carbons (Fsp3) is 0.286. The molecule has 1 aliphatic heterocycles. The van der Waals surface area contributed by atoms with Crippen LogP contribution < -0.4 is 24.3 Å². The van der Waals surface area contributed by atoms with Crippen molar-refractivity contribution in [1.29, 1.82) is 0 Å². The van der Waals surface area contributed by atoms with Gasteiger partial charge in [0.1, 0.15) is 5.75 Å². The molecule has 4 rings (SSSR count). The molecule has 1 aromatic heterocycles. The van der Waals surface area contributed by atoms with Gasteiger partial charge in [0.15, 0.2) is 17.2 Å². The minimum atomic E-state index is -0.599. The molecule has 30 heavy (non-hydrogen) atoms. The first-order valence-corrected chi connectivity index (χ1v) is 10.4. The number of methoxy groups -OCH3 is 3. The number of hydrogen-bond acceptors (Lipinski definition) is 9. The van der Waals surface area contributed by atoms with E-state index in [0.29, 0.717) is 34.0 Å². The van der Waals surface area contributed by atoms with E-state index in [1.54, 1.807) is 27.4 Å². The summed E-state index contributed by atoms with van der Waals surface area (Å²) in [6, 6.07) is 11.4. The van der Waals surface area contributed by atoms with Crippen LogP contribution in [0.1, 0.15) is 18.7 Å². The summed E-state index contributed by atoms with van der Waals surface area (Å²) in [5, 5.41) is 12.6. The number of nitrogens with one attached hydrogen (secondary N) is 1. The lowest BCUT2D eigenvalue weighted by atomic mass is 10.1. The van der Waals surface area contributed by atoms with E-state index in [4.69, 9.17) is 18.9 Å². The first kappa shape index (κ1) is 20.1. The Hall–Kier alpha value is -3.20. The van der Waals surface area contributed by atoms with E-state index in [1.165, 1.54) is 11.8 Å². The molecule has 0 bridgehead atoms. The smallest absolute Gasteiger partial charge is 0.247 e. The molecule has 1 aliphatic rings. The van der Waals surface area contributed by atoms with Crippen LogP contribution in [-0.4, -0.2) is 42.3 Å². The van der Waals surface area contributed by atoms with Gasteiger partial charge in [-0.2, -0.15) is 4.98 Å². The SMILES string of the molecule is CCSc1nnc2c(n1)O[C@H](c1cc(OC)c(OC)cc1OC)Nc1ccccc1-2. The van der Waals surface area contributed by atoms with E-state index in [2.05, 4.69) is 20.5 Å². The van der Waals surface area contributed by atoms with Gasteiger partial charge in [0.25, 0.3) is 0 Å². The minimum absolute atomic E-state index is 0.403. The molecule has 0 amide bonds. The molecule has 0 saturated carbocycles. The Kier molecular flexibility index (Phi) is 5.80. The Bertz CT molecular complexity index is 1060. The van der Waals surface area contributed by atoms with E-state index < -0.39 is 6.23 Å². The van der Waals surface area contributed by atoms with Gasteiger partial charge in [-0.3, -0.25) is 0 Å². The maximum absolute atomic E-state index is 6.31. The van der Waals surface area contributed by atoms with Crippen molar-refractivity contribution in [3.63, 3.8) is 0 Å². The zero-order valence-electron chi connectivity index (χ0n) is 17.1. The number of fused-ring (bicyclic) bond motifs is 3. The molecule has 9 heteroatoms. The standard InChI is InChI=1S/C21H22N4O4S/c1-5-30-21-23-20-18(24-25-21)12-8-6-7-9-14(12)22-19(29-20)13-10-16(27-3)17(28-4)11-15(13)26-2/h6-11,19,22H,5H2,1-4H3/t19-/m1/s1. The van der Waals surface area contributed by atoms with Gasteiger partial charge < -0.3 is 24.3 Å². The zero-order chi connectivity index (χ0) is 21.1. The van der Waals surface area contributed by atoms with E-state index in [0.717, 1.165) is 22.6 Å². The lowest BCUT2D eigenvalue weighted by Crippen LogP contribution is -2.18. The fourth-order valence-corrected chi connectivity index (χ4v) is 3.74. The molecular weight excluding hydrogens is 404 g/mol. The first-order chi connectivity index (χ1) is 14.7. The minimum Gasteiger partial charge on any atom is -0.496 e. The second-order valence-corrected chi connectivity index (χ2v) is 7.55. The summed E-state index contributed by atoms with van der Waals surface area (Å²) in [4.78, 5) is 4.60. The largest absolute Gasteiger partial charge is 0.496 e. The average molecular weight is 426 g/mol. The van der Waals surface area contributed by atoms with Crippen LogP contribution in [0, 0.1) is 0 Å². The van der Waals surface area contributed by atoms with Gasteiger partial charge in [0.2, 0.25) is 17.3 Å². The Morgan fingerprint density at radius 3 is 2.47 bits per heavy atom. The van der Waals surface area contributed by atoms with Crippen LogP contribution in [0.5, 0.6) is 23.1 Å². The third-order valence-corrected chi connectivity index (χ3v) is 5.35. The van der Waals surface area contributed by atoms with Gasteiger partial charge in [0.05, 0.1) is 26.9 Å². The highest BCUT2D eigenvalue weighted by Gasteiger charge is 2.29. The van der Waals surface area contributed by atoms with Crippen LogP contribution in [0.4, 0.5) is 5.69 Å². The molecule has 8 nitrogen and oxygen atoms in total. The number of rotatable bonds is 6. The number of hydrogen-bond donors (Lipinski definition) is 1. The first-order valence-electron chi connectivity index (χ1n) is 9.38. The molecular formula is C21H22N4O4S. The number of aromatic nitrogens is 3. The highest BCUT2D eigenvalue weighted by Crippen LogP contribution is 2.43. The lowest BCUT2D eigenvalue weighted by Gasteiger charge is -2.22. The molecule has 2 heterocycles. The second kappa shape index (κ2) is 8.66. The summed E-state index contributed by atoms with van der Waals surface area (Å²) in [6.07, 6.45) is -0.599. The summed E-state index contributed by atoms with van der Waals surface area (Å²) >= 11 is 1.51. The van der Waals surface area contributed by atoms with E-state index in [9.17, 15) is 0 Å². The van der Waals surface area contributed by atoms with Crippen molar-refractivity contribution >= 4 is 17.4 Å². The average Bonchev–Trinajstić information content (AvgIpc) is 2.94. The molecule has 0 saturated heterocycles. The van der Waals surface area contributed by atoms with Crippen LogP contribution in [0.3, 0.4) is 0 Å². The predicted octanol–water partition coefficient (Wildman–Crippen LogP) is 4.18. The lowest BCUT2D eigenvalue weighted by molar-refractivity contribution is 0.218. The number of benzene rings is 2. The maximum Gasteiger partial charge on any atom is 0.247 e. The van der Waals surface area contributed by atoms with Crippen LogP contribution in [0.25, 0.3) is 11.3 Å². The van der Waals surface area contributed by atoms with E-state index >= 15 is 0 Å². The molecule has 0 unspecified atom stereocenters. The van der Waals surface area contributed by atoms with Crippen LogP contribution in [-0.2, 0) is 0 Å². The summed E-state index contributed by atoms with van der Waals surface area (Å²) < 4.78 is 22.8. The Balaban J connectivity index is 1.86. The molecule has 0 aliphatic carbocycles. The highest BCUT2D eigenvalue weighted by molar-refractivity contribution is 7.99. The molecule has 1 atom stereocenters. The topological polar surface area (TPSA) is 87.6 Å². The quantitative estimate of drug-likeness (QED) is 0.583. The van der Waals surface area contributed by atoms with Crippen molar-refractivity contribution in [2.75, 3.05) is 32.4 Å². The normalized spacial score (nSPS) is 14.5. The molecule has 2 aromatic carbocycles. The molecule has 1 N–H and O–H groups in total. The molecule has 3 aromatic rings. The Morgan fingerprint density at radius 1 is 1.00 bits per heavy atom. The van der Waals surface area contributed by atoms with Crippen molar-refractivity contribution in [2.24, 2.45) is 0 Å². The number of para-hydroxylation sites is 1. The van der Waals surface area contributed by atoms with Gasteiger partial charge in [-0.15, -0.1) is 10.2 Å². The Labute approximate surface area is 178 Å². The number of thioether (sulfide) groups is 1. The maximum atomic E-state index is 6.31. The van der Waals surface area contributed by atoms with E-state index in [-0.39, 0.29) is 0 Å². The predicted molar refractivity (Wildman–Crippen MR) is 115 cm³/mol. The molecule has 156 valence electrons. The second-order valence-electron chi connectivity index (χ2n) is 6.32. The fourth-order valence-electron chi connectivity index (χ4n) is 3.24. The van der Waals surface area contributed by atoms with Crippen LogP contribution in [0.2, 0.25) is 0 Å². The molecule has 0 fully saturated rings. The number of anilines is 1. The van der Waals surface area contributed by atoms with Crippen molar-refractivity contribution in [3.8, 4) is 34.4 Å². The van der Waals surface area contributed by atoms with Crippen LogP contribution in [0.15, 0.2) is 41.6 Å². The zero-order valence-corrected chi connectivity index (χ0v) is 17.9. The highest BCUT2D eigenvalue weighted by atomic mass is 32.2. The van der Waals surface area contributed by atoms with E-state index in [1.807, 2.05) is 37.3 Å². The summed E-state index contributed by atoms with van der Waals surface area (Å²) in [6.45, 7) is 2.04. The van der Waals surface area contributed by atoms with Gasteiger partial charge in [0, 0.05) is 17.3 Å². The van der Waals surface area contributed by atoms with Gasteiger partial charge in [-0.25, -0.2) is 0 Å². The van der Waals surface area contributed by atoms with Crippen molar-refractivity contribution in [2.45, 2.75) is 18.3 Å². The third-order valence-electron chi connectivity index (χ3n) is 4.63. The summed E-state index contributed by atoms with van der Waals surface area (Å²) in [5.41, 5.74) is 3.04. The molecule has 0 spiro atoms. The van der Waals surface area contributed by atoms with Crippen LogP contribution >= 0.6 is 11.8 Å². The molecule has 0 radical (unpaired) electrons. The van der Waals surface area contributed by atoms with Crippen molar-refractivity contribution in [1.82, 2.24) is 15.2 Å². The van der Waals surface area contributed by atoms with Crippen molar-refractivity contribution in [3.05, 3.63) is 42.0 Å². The monoisotopic (exact) mass is 426 g/mol. The van der Waals surface area contributed by atoms with Gasteiger partial charge >= 0.3 is 0 Å². The van der Waals surface area contributed by atoms with Gasteiger partial charge in [-0.1, -0.05) is 36.9 Å². The summed E-state index contributed by atoms with van der Waals surface area (Å²) in [7, 11) is 4.77.